The Morgan fingerprint density at radius 1 is 0.724 bits per heavy atom. The molecule has 0 aromatic heterocycles. The van der Waals surface area contributed by atoms with Crippen LogP contribution in [0.25, 0.3) is 0 Å². The van der Waals surface area contributed by atoms with Crippen molar-refractivity contribution in [1.29, 1.82) is 0 Å². The average molecular weight is 402 g/mol. The number of benzene rings is 3. The molecule has 1 saturated heterocycles. The zero-order valence-electron chi connectivity index (χ0n) is 16.6. The Kier molecular flexibility index (Phi) is 5.03. The van der Waals surface area contributed by atoms with Crippen LogP contribution in [0.1, 0.15) is 31.2 Å². The van der Waals surface area contributed by atoms with Gasteiger partial charge in [0.15, 0.2) is 0 Å². The number of anilines is 1. The number of hydrogen-bond acceptors (Lipinski definition) is 1. The Balaban J connectivity index is 1.68. The summed E-state index contributed by atoms with van der Waals surface area (Å²) in [6.45, 7) is 0.720. The van der Waals surface area contributed by atoms with Crippen LogP contribution in [0.3, 0.4) is 0 Å². The molecule has 3 aromatic carbocycles. The SMILES string of the molecule is O=P1(c2ccccc2)N(Cc2ccccc2)[C@H]2CCCC[C@@H]2N1c1ccccc1. The molecular weight excluding hydrogens is 375 g/mol. The van der Waals surface area contributed by atoms with Crippen molar-refractivity contribution in [2.75, 3.05) is 4.67 Å². The summed E-state index contributed by atoms with van der Waals surface area (Å²) >= 11 is 0. The van der Waals surface area contributed by atoms with E-state index in [1.165, 1.54) is 18.4 Å². The first-order valence-corrected chi connectivity index (χ1v) is 12.2. The van der Waals surface area contributed by atoms with Crippen LogP contribution in [0.4, 0.5) is 5.69 Å². The summed E-state index contributed by atoms with van der Waals surface area (Å²) in [5.74, 6) is 0. The molecule has 0 bridgehead atoms. The maximum atomic E-state index is 15.1. The molecule has 5 rings (SSSR count). The molecule has 0 spiro atoms. The fourth-order valence-electron chi connectivity index (χ4n) is 5.06. The quantitative estimate of drug-likeness (QED) is 0.512. The lowest BCUT2D eigenvalue weighted by atomic mass is 9.90. The monoisotopic (exact) mass is 402 g/mol. The Hall–Kier alpha value is -2.35. The third-order valence-corrected chi connectivity index (χ3v) is 9.55. The molecule has 29 heavy (non-hydrogen) atoms. The van der Waals surface area contributed by atoms with Crippen LogP contribution in [0.2, 0.25) is 0 Å². The molecule has 1 heterocycles. The van der Waals surface area contributed by atoms with Crippen LogP contribution in [-0.2, 0) is 11.1 Å². The van der Waals surface area contributed by atoms with E-state index >= 15 is 4.57 Å². The van der Waals surface area contributed by atoms with E-state index in [1.54, 1.807) is 0 Å². The summed E-state index contributed by atoms with van der Waals surface area (Å²) in [6.07, 6.45) is 4.63. The average Bonchev–Trinajstić information content (AvgIpc) is 3.05. The van der Waals surface area contributed by atoms with E-state index in [0.29, 0.717) is 12.1 Å². The highest BCUT2D eigenvalue weighted by Crippen LogP contribution is 2.64. The van der Waals surface area contributed by atoms with Crippen molar-refractivity contribution in [1.82, 2.24) is 4.67 Å². The molecule has 2 fully saturated rings. The highest BCUT2D eigenvalue weighted by atomic mass is 31.2. The fraction of sp³-hybridized carbons (Fsp3) is 0.280. The van der Waals surface area contributed by atoms with Crippen molar-refractivity contribution in [3.8, 4) is 0 Å². The van der Waals surface area contributed by atoms with Gasteiger partial charge in [-0.25, -0.2) is 4.67 Å². The first-order valence-electron chi connectivity index (χ1n) is 10.6. The normalized spacial score (nSPS) is 27.0. The van der Waals surface area contributed by atoms with Crippen molar-refractivity contribution in [2.45, 2.75) is 44.3 Å². The molecular formula is C25H27N2OP. The van der Waals surface area contributed by atoms with E-state index in [9.17, 15) is 0 Å². The zero-order valence-corrected chi connectivity index (χ0v) is 17.5. The van der Waals surface area contributed by atoms with E-state index in [4.69, 9.17) is 0 Å². The third-order valence-electron chi connectivity index (χ3n) is 6.33. The van der Waals surface area contributed by atoms with Crippen molar-refractivity contribution in [2.24, 2.45) is 0 Å². The van der Waals surface area contributed by atoms with Crippen LogP contribution in [0, 0.1) is 0 Å². The molecule has 1 unspecified atom stereocenters. The van der Waals surface area contributed by atoms with Crippen LogP contribution in [-0.4, -0.2) is 16.8 Å². The molecule has 3 aromatic rings. The number of nitrogens with zero attached hydrogens (tertiary/aromatic N) is 2. The van der Waals surface area contributed by atoms with Gasteiger partial charge < -0.3 is 4.67 Å². The summed E-state index contributed by atoms with van der Waals surface area (Å²) in [5.41, 5.74) is 2.30. The van der Waals surface area contributed by atoms with E-state index in [1.807, 2.05) is 42.5 Å². The third kappa shape index (κ3) is 3.23. The Bertz CT molecular complexity index is 993. The lowest BCUT2D eigenvalue weighted by Gasteiger charge is -2.34. The highest BCUT2D eigenvalue weighted by Gasteiger charge is 2.55. The van der Waals surface area contributed by atoms with E-state index < -0.39 is 7.44 Å². The van der Waals surface area contributed by atoms with Gasteiger partial charge in [-0.2, -0.15) is 0 Å². The van der Waals surface area contributed by atoms with Crippen LogP contribution >= 0.6 is 7.44 Å². The number of hydrogen-bond donors (Lipinski definition) is 0. The molecule has 4 heteroatoms. The molecule has 1 aliphatic carbocycles. The largest absolute Gasteiger partial charge is 0.303 e. The Labute approximate surface area is 173 Å². The molecule has 0 N–H and O–H groups in total. The summed E-state index contributed by atoms with van der Waals surface area (Å²) < 4.78 is 19.7. The summed E-state index contributed by atoms with van der Waals surface area (Å²) in [7, 11) is -2.97. The minimum absolute atomic E-state index is 0.293. The fourth-order valence-corrected chi connectivity index (χ4v) is 8.56. The van der Waals surface area contributed by atoms with Gasteiger partial charge in [-0.05, 0) is 42.7 Å². The van der Waals surface area contributed by atoms with Gasteiger partial charge in [-0.1, -0.05) is 79.6 Å². The second-order valence-electron chi connectivity index (χ2n) is 8.06. The van der Waals surface area contributed by atoms with Crippen molar-refractivity contribution in [3.05, 3.63) is 96.6 Å². The lowest BCUT2D eigenvalue weighted by Crippen LogP contribution is -2.39. The summed E-state index contributed by atoms with van der Waals surface area (Å²) in [5, 5.41) is 0.939. The van der Waals surface area contributed by atoms with Crippen molar-refractivity contribution < 1.29 is 4.57 Å². The molecule has 0 amide bonds. The topological polar surface area (TPSA) is 23.6 Å². The molecule has 2 aliphatic rings. The minimum atomic E-state index is -2.97. The predicted octanol–water partition coefficient (Wildman–Crippen LogP) is 5.84. The van der Waals surface area contributed by atoms with Gasteiger partial charge >= 0.3 is 0 Å². The van der Waals surface area contributed by atoms with E-state index in [0.717, 1.165) is 30.4 Å². The predicted molar refractivity (Wildman–Crippen MR) is 121 cm³/mol. The summed E-state index contributed by atoms with van der Waals surface area (Å²) in [6, 6.07) is 31.6. The minimum Gasteiger partial charge on any atom is -0.303 e. The van der Waals surface area contributed by atoms with Gasteiger partial charge in [0.05, 0.1) is 6.04 Å². The Morgan fingerprint density at radius 3 is 1.93 bits per heavy atom. The zero-order chi connectivity index (χ0) is 19.7. The van der Waals surface area contributed by atoms with Crippen LogP contribution < -0.4 is 9.97 Å². The highest BCUT2D eigenvalue weighted by molar-refractivity contribution is 7.71. The van der Waals surface area contributed by atoms with Gasteiger partial charge in [0.2, 0.25) is 0 Å². The number of fused-ring (bicyclic) bond motifs is 1. The van der Waals surface area contributed by atoms with E-state index in [2.05, 4.69) is 57.9 Å². The van der Waals surface area contributed by atoms with Gasteiger partial charge in [-0.15, -0.1) is 0 Å². The van der Waals surface area contributed by atoms with E-state index in [-0.39, 0.29) is 0 Å². The molecule has 3 atom stereocenters. The number of para-hydroxylation sites is 1. The second-order valence-corrected chi connectivity index (χ2v) is 10.6. The Morgan fingerprint density at radius 2 is 1.28 bits per heavy atom. The second kappa shape index (κ2) is 7.82. The van der Waals surface area contributed by atoms with Gasteiger partial charge in [-0.3, -0.25) is 4.57 Å². The molecule has 0 radical (unpaired) electrons. The van der Waals surface area contributed by atoms with Crippen LogP contribution in [0.15, 0.2) is 91.0 Å². The smallest absolute Gasteiger partial charge is 0.270 e. The maximum Gasteiger partial charge on any atom is 0.270 e. The van der Waals surface area contributed by atoms with Crippen molar-refractivity contribution >= 4 is 18.4 Å². The lowest BCUT2D eigenvalue weighted by molar-refractivity contribution is 0.254. The standard InChI is InChI=1S/C25H27N2OP/c28-29(23-16-8-3-9-17-23)26(20-21-12-4-1-5-13-21)24-18-10-11-19-25(24)27(29)22-14-6-2-7-15-22/h1-9,12-17,24-25H,10-11,18-20H2/t24-,25-,29?/m0/s1. The van der Waals surface area contributed by atoms with Crippen LogP contribution in [0.5, 0.6) is 0 Å². The molecule has 1 aliphatic heterocycles. The van der Waals surface area contributed by atoms with Gasteiger partial charge in [0, 0.05) is 23.6 Å². The number of rotatable bonds is 4. The molecule has 3 nitrogen and oxygen atoms in total. The van der Waals surface area contributed by atoms with Gasteiger partial charge in [0.1, 0.15) is 0 Å². The maximum absolute atomic E-state index is 15.1. The molecule has 1 saturated carbocycles. The van der Waals surface area contributed by atoms with Gasteiger partial charge in [0.25, 0.3) is 7.44 Å². The molecule has 148 valence electrons. The van der Waals surface area contributed by atoms with Crippen molar-refractivity contribution in [3.63, 3.8) is 0 Å². The summed E-state index contributed by atoms with van der Waals surface area (Å²) in [4.78, 5) is 0. The first-order chi connectivity index (χ1) is 14.3. The first kappa shape index (κ1) is 18.7.